The van der Waals surface area contributed by atoms with Gasteiger partial charge in [-0.15, -0.1) is 0 Å². The van der Waals surface area contributed by atoms with E-state index < -0.39 is 0 Å². The molecule has 0 atom stereocenters. The van der Waals surface area contributed by atoms with Crippen LogP contribution in [0.2, 0.25) is 0 Å². The Labute approximate surface area is 389 Å². The lowest BCUT2D eigenvalue weighted by Crippen LogP contribution is -2.40. The minimum absolute atomic E-state index is 0. The Morgan fingerprint density at radius 1 is 0.246 bits per heavy atom. The van der Waals surface area contributed by atoms with Gasteiger partial charge in [-0.05, 0) is 223 Å². The largest absolute Gasteiger partial charge is 0.301 e. The molecule has 4 heterocycles. The summed E-state index contributed by atoms with van der Waals surface area (Å²) in [6.07, 6.45) is 22.5. The molecule has 4 heteroatoms. The first-order valence-electron chi connectivity index (χ1n) is 26.3. The maximum Gasteiger partial charge on any atom is 0.00412 e. The average Bonchev–Trinajstić information content (AvgIpc) is 4.05. The number of hydrogen-bond acceptors (Lipinski definition) is 4. The van der Waals surface area contributed by atoms with E-state index in [0.29, 0.717) is 0 Å². The van der Waals surface area contributed by atoms with Gasteiger partial charge in [0.15, 0.2) is 0 Å². The summed E-state index contributed by atoms with van der Waals surface area (Å²) in [6, 6.07) is 3.09. The molecule has 0 aromatic carbocycles. The number of rotatable bonds is 4. The smallest absolute Gasteiger partial charge is 0.00412 e. The second-order valence-electron chi connectivity index (χ2n) is 25.2. The maximum absolute atomic E-state index is 2.65. The van der Waals surface area contributed by atoms with Crippen molar-refractivity contribution in [2.45, 2.75) is 274 Å². The number of hydrogen-bond donors (Lipinski definition) is 0. The predicted molar refractivity (Wildman–Crippen MR) is 281 cm³/mol. The Balaban J connectivity index is 0. The topological polar surface area (TPSA) is 13.0 Å². The Kier molecular flexibility index (Phi) is 31.1. The molecule has 0 radical (unpaired) electrons. The van der Waals surface area contributed by atoms with Crippen molar-refractivity contribution in [3.8, 4) is 0 Å². The lowest BCUT2D eigenvalue weighted by Gasteiger charge is -2.38. The Morgan fingerprint density at radius 3 is 0.672 bits per heavy atom. The quantitative estimate of drug-likeness (QED) is 0.279. The molecule has 8 fully saturated rings. The van der Waals surface area contributed by atoms with Crippen molar-refractivity contribution in [3.63, 3.8) is 0 Å². The van der Waals surface area contributed by atoms with Gasteiger partial charge in [0, 0.05) is 43.8 Å². The maximum atomic E-state index is 2.65. The summed E-state index contributed by atoms with van der Waals surface area (Å²) in [5, 5.41) is 0. The molecule has 0 unspecified atom stereocenters. The van der Waals surface area contributed by atoms with Crippen LogP contribution >= 0.6 is 0 Å². The van der Waals surface area contributed by atoms with Crippen LogP contribution in [-0.4, -0.2) is 96.1 Å². The summed E-state index contributed by atoms with van der Waals surface area (Å²) >= 11 is 0. The van der Waals surface area contributed by atoms with Gasteiger partial charge < -0.3 is 19.6 Å². The lowest BCUT2D eigenvalue weighted by atomic mass is 9.68. The molecular formula is C57H122N4. The highest BCUT2D eigenvalue weighted by atomic mass is 15.2. The highest BCUT2D eigenvalue weighted by molar-refractivity contribution is 5.01. The molecule has 0 N–H and O–H groups in total. The second kappa shape index (κ2) is 30.2. The first-order valence-corrected chi connectivity index (χ1v) is 26.3. The van der Waals surface area contributed by atoms with Crippen molar-refractivity contribution in [1.82, 2.24) is 19.6 Å². The van der Waals surface area contributed by atoms with Crippen LogP contribution in [0.15, 0.2) is 0 Å². The molecule has 61 heavy (non-hydrogen) atoms. The summed E-state index contributed by atoms with van der Waals surface area (Å²) in [5.41, 5.74) is 3.28. The normalized spacial score (nSPS) is 23.4. The van der Waals surface area contributed by atoms with Gasteiger partial charge in [-0.1, -0.05) is 104 Å². The highest BCUT2D eigenvalue weighted by Gasteiger charge is 2.48. The standard InChI is InChI=1S/3C10H19N.C9H17N.4C4H10.2CH4/c1-9(2)11-7-5-10(3-4-10)6-8-11;1-9(2)11-7-3-4-10(8-11)5-6-10;1-9(2)11-7-6-10(8-11)4-3-5-10;1-8(2)10-6-5-9(7-10)3-4-9;4*1-4(2)3;;/h3*9H,3-8H2,1-2H3;8H,3-7H2,1-2H3;4*4H,1-3H3;2*1H4. The summed E-state index contributed by atoms with van der Waals surface area (Å²) in [4.78, 5) is 10.5. The van der Waals surface area contributed by atoms with E-state index in [1.807, 2.05) is 0 Å². The third kappa shape index (κ3) is 27.8. The van der Waals surface area contributed by atoms with E-state index in [4.69, 9.17) is 0 Å². The van der Waals surface area contributed by atoms with Gasteiger partial charge >= 0.3 is 0 Å². The summed E-state index contributed by atoms with van der Waals surface area (Å²) in [7, 11) is 0. The van der Waals surface area contributed by atoms with E-state index in [1.54, 1.807) is 0 Å². The molecule has 8 aliphatic rings. The van der Waals surface area contributed by atoms with Crippen molar-refractivity contribution >= 4 is 0 Å². The zero-order chi connectivity index (χ0) is 45.2. The fourth-order valence-corrected chi connectivity index (χ4v) is 8.95. The Bertz CT molecular complexity index is 995. The fourth-order valence-electron chi connectivity index (χ4n) is 8.95. The molecule has 370 valence electrons. The van der Waals surface area contributed by atoms with Gasteiger partial charge in [0.1, 0.15) is 0 Å². The second-order valence-corrected chi connectivity index (χ2v) is 25.2. The van der Waals surface area contributed by atoms with Crippen LogP contribution in [0, 0.1) is 45.3 Å². The van der Waals surface area contributed by atoms with Crippen LogP contribution in [0.25, 0.3) is 0 Å². The van der Waals surface area contributed by atoms with Crippen LogP contribution in [0.5, 0.6) is 0 Å². The van der Waals surface area contributed by atoms with Crippen molar-refractivity contribution in [2.24, 2.45) is 45.3 Å². The Morgan fingerprint density at radius 2 is 0.459 bits per heavy atom. The van der Waals surface area contributed by atoms with E-state index in [1.165, 1.54) is 149 Å². The summed E-state index contributed by atoms with van der Waals surface area (Å²) in [6.45, 7) is 55.5. The third-order valence-corrected chi connectivity index (χ3v) is 13.7. The summed E-state index contributed by atoms with van der Waals surface area (Å²) < 4.78 is 0. The first-order chi connectivity index (χ1) is 27.3. The van der Waals surface area contributed by atoms with Gasteiger partial charge in [0.2, 0.25) is 0 Å². The Hall–Kier alpha value is -0.160. The lowest BCUT2D eigenvalue weighted by molar-refractivity contribution is 0.128. The van der Waals surface area contributed by atoms with Crippen molar-refractivity contribution < 1.29 is 0 Å². The van der Waals surface area contributed by atoms with Crippen LogP contribution in [0.3, 0.4) is 0 Å². The highest BCUT2D eigenvalue weighted by Crippen LogP contribution is 2.54. The minimum atomic E-state index is 0. The minimum Gasteiger partial charge on any atom is -0.301 e. The first kappa shape index (κ1) is 62.9. The number of likely N-dealkylation sites (tertiary alicyclic amines) is 4. The molecule has 0 aromatic heterocycles. The zero-order valence-electron chi connectivity index (χ0n) is 44.7. The van der Waals surface area contributed by atoms with Gasteiger partial charge in [-0.25, -0.2) is 0 Å². The molecule has 4 saturated carbocycles. The van der Waals surface area contributed by atoms with E-state index >= 15 is 0 Å². The molecule has 0 aromatic rings. The monoisotopic (exact) mass is 863 g/mol. The average molecular weight is 864 g/mol. The third-order valence-electron chi connectivity index (χ3n) is 13.7. The zero-order valence-corrected chi connectivity index (χ0v) is 44.7. The van der Waals surface area contributed by atoms with Crippen molar-refractivity contribution in [1.29, 1.82) is 0 Å². The van der Waals surface area contributed by atoms with E-state index in [9.17, 15) is 0 Å². The molecular weight excluding hydrogens is 741 g/mol. The van der Waals surface area contributed by atoms with Gasteiger partial charge in [-0.3, -0.25) is 0 Å². The van der Waals surface area contributed by atoms with E-state index in [0.717, 1.165) is 69.5 Å². The molecule has 8 rings (SSSR count). The van der Waals surface area contributed by atoms with E-state index in [2.05, 4.69) is 158 Å². The molecule has 4 aliphatic carbocycles. The fraction of sp³-hybridized carbons (Fsp3) is 1.00. The molecule has 4 spiro atoms. The van der Waals surface area contributed by atoms with Crippen LogP contribution in [0.4, 0.5) is 0 Å². The summed E-state index contributed by atoms with van der Waals surface area (Å²) in [5.74, 6) is 3.33. The van der Waals surface area contributed by atoms with Crippen LogP contribution < -0.4 is 0 Å². The van der Waals surface area contributed by atoms with E-state index in [-0.39, 0.29) is 14.9 Å². The van der Waals surface area contributed by atoms with Gasteiger partial charge in [0.05, 0.1) is 0 Å². The van der Waals surface area contributed by atoms with Crippen LogP contribution in [-0.2, 0) is 0 Å². The predicted octanol–water partition coefficient (Wildman–Crippen LogP) is 16.6. The SMILES string of the molecule is C.C.CC(C)C.CC(C)C.CC(C)C.CC(C)C.CC(C)N1CCC2(CC1)CC2.CC(C)N1CCC2(CC2)C1.CC(C)N1CCC2(CCC2)C1.CC(C)N1CCCC2(CC2)C1. The molecule has 0 amide bonds. The van der Waals surface area contributed by atoms with Crippen molar-refractivity contribution in [3.05, 3.63) is 0 Å². The van der Waals surface area contributed by atoms with Crippen molar-refractivity contribution in [2.75, 3.05) is 52.4 Å². The molecule has 4 nitrogen and oxygen atoms in total. The van der Waals surface area contributed by atoms with Gasteiger partial charge in [0.25, 0.3) is 0 Å². The number of piperidine rings is 2. The number of nitrogens with zero attached hydrogens (tertiary/aromatic N) is 4. The molecule has 0 bridgehead atoms. The molecule has 4 aliphatic heterocycles. The molecule has 4 saturated heterocycles. The van der Waals surface area contributed by atoms with Gasteiger partial charge in [-0.2, -0.15) is 0 Å². The van der Waals surface area contributed by atoms with Crippen LogP contribution in [0.1, 0.15) is 250 Å².